The molecule has 1 fully saturated rings. The van der Waals surface area contributed by atoms with Gasteiger partial charge in [0.25, 0.3) is 0 Å². The van der Waals surface area contributed by atoms with Crippen molar-refractivity contribution in [2.24, 2.45) is 0 Å². The Morgan fingerprint density at radius 3 is 2.81 bits per heavy atom. The number of hydrogen-bond donors (Lipinski definition) is 1. The molecule has 21 heavy (non-hydrogen) atoms. The fraction of sp³-hybridized carbons (Fsp3) is 0.438. The van der Waals surface area contributed by atoms with Crippen molar-refractivity contribution in [1.29, 1.82) is 0 Å². The standard InChI is InChI=1S/C16H21BrN4/c1-12-9-20(8-7-18-12)10-14-11-21(19-13(14)2)16-5-3-15(17)4-6-16/h3-6,11-12,18H,7-10H2,1-2H3/t12-/m1/s1. The molecule has 0 unspecified atom stereocenters. The summed E-state index contributed by atoms with van der Waals surface area (Å²) in [6, 6.07) is 8.81. The minimum atomic E-state index is 0.570. The summed E-state index contributed by atoms with van der Waals surface area (Å²) in [6.45, 7) is 8.59. The van der Waals surface area contributed by atoms with Crippen molar-refractivity contribution in [3.63, 3.8) is 0 Å². The van der Waals surface area contributed by atoms with E-state index >= 15 is 0 Å². The van der Waals surface area contributed by atoms with E-state index < -0.39 is 0 Å². The first-order valence-electron chi connectivity index (χ1n) is 7.38. The Kier molecular flexibility index (Phi) is 4.42. The third kappa shape index (κ3) is 3.54. The van der Waals surface area contributed by atoms with E-state index in [1.807, 2.05) is 16.8 Å². The first-order chi connectivity index (χ1) is 10.1. The summed E-state index contributed by atoms with van der Waals surface area (Å²) >= 11 is 3.47. The summed E-state index contributed by atoms with van der Waals surface area (Å²) in [7, 11) is 0. The molecule has 1 aromatic heterocycles. The van der Waals surface area contributed by atoms with Crippen LogP contribution in [0.1, 0.15) is 18.2 Å². The van der Waals surface area contributed by atoms with Crippen molar-refractivity contribution in [3.05, 3.63) is 46.2 Å². The van der Waals surface area contributed by atoms with Crippen molar-refractivity contribution in [1.82, 2.24) is 20.0 Å². The topological polar surface area (TPSA) is 33.1 Å². The van der Waals surface area contributed by atoms with Gasteiger partial charge in [0.05, 0.1) is 11.4 Å². The fourth-order valence-corrected chi connectivity index (χ4v) is 3.04. The Bertz CT molecular complexity index is 605. The van der Waals surface area contributed by atoms with Crippen LogP contribution in [0.4, 0.5) is 0 Å². The van der Waals surface area contributed by atoms with E-state index in [0.717, 1.165) is 42.0 Å². The molecule has 0 aliphatic carbocycles. The molecule has 1 aliphatic rings. The second-order valence-electron chi connectivity index (χ2n) is 5.75. The maximum Gasteiger partial charge on any atom is 0.0646 e. The zero-order valence-corrected chi connectivity index (χ0v) is 14.1. The highest BCUT2D eigenvalue weighted by Gasteiger charge is 2.17. The van der Waals surface area contributed by atoms with Gasteiger partial charge >= 0.3 is 0 Å². The molecule has 1 aromatic carbocycles. The lowest BCUT2D eigenvalue weighted by atomic mass is 10.2. The van der Waals surface area contributed by atoms with E-state index in [4.69, 9.17) is 0 Å². The van der Waals surface area contributed by atoms with Crippen LogP contribution in [0.2, 0.25) is 0 Å². The van der Waals surface area contributed by atoms with Crippen molar-refractivity contribution >= 4 is 15.9 Å². The molecule has 112 valence electrons. The lowest BCUT2D eigenvalue weighted by Gasteiger charge is -2.31. The summed E-state index contributed by atoms with van der Waals surface area (Å²) in [5.41, 5.74) is 3.53. The average Bonchev–Trinajstić information content (AvgIpc) is 2.81. The average molecular weight is 349 g/mol. The molecular formula is C16H21BrN4. The van der Waals surface area contributed by atoms with Gasteiger partial charge in [0.1, 0.15) is 0 Å². The van der Waals surface area contributed by atoms with Crippen molar-refractivity contribution in [3.8, 4) is 5.69 Å². The zero-order valence-electron chi connectivity index (χ0n) is 12.5. The summed E-state index contributed by atoms with van der Waals surface area (Å²) < 4.78 is 3.06. The molecule has 0 saturated carbocycles. The van der Waals surface area contributed by atoms with Gasteiger partial charge < -0.3 is 5.32 Å². The molecular weight excluding hydrogens is 328 g/mol. The van der Waals surface area contributed by atoms with Crippen LogP contribution in [0, 0.1) is 6.92 Å². The van der Waals surface area contributed by atoms with Crippen LogP contribution in [-0.4, -0.2) is 40.4 Å². The smallest absolute Gasteiger partial charge is 0.0646 e. The largest absolute Gasteiger partial charge is 0.312 e. The SMILES string of the molecule is Cc1nn(-c2ccc(Br)cc2)cc1CN1CCN[C@H](C)C1. The van der Waals surface area contributed by atoms with Gasteiger partial charge in [0.15, 0.2) is 0 Å². The second-order valence-corrected chi connectivity index (χ2v) is 6.67. The molecule has 1 aliphatic heterocycles. The molecule has 1 saturated heterocycles. The molecule has 0 spiro atoms. The van der Waals surface area contributed by atoms with Crippen LogP contribution in [-0.2, 0) is 6.54 Å². The van der Waals surface area contributed by atoms with Crippen LogP contribution >= 0.6 is 15.9 Å². The number of halogens is 1. The number of hydrogen-bond acceptors (Lipinski definition) is 3. The van der Waals surface area contributed by atoms with E-state index in [0.29, 0.717) is 6.04 Å². The first kappa shape index (κ1) is 14.8. The van der Waals surface area contributed by atoms with E-state index in [1.165, 1.54) is 5.56 Å². The van der Waals surface area contributed by atoms with Gasteiger partial charge in [-0.25, -0.2) is 4.68 Å². The Hall–Kier alpha value is -1.17. The molecule has 5 heteroatoms. The Morgan fingerprint density at radius 2 is 2.10 bits per heavy atom. The lowest BCUT2D eigenvalue weighted by Crippen LogP contribution is -2.48. The number of benzene rings is 1. The van der Waals surface area contributed by atoms with E-state index in [-0.39, 0.29) is 0 Å². The monoisotopic (exact) mass is 348 g/mol. The maximum absolute atomic E-state index is 4.65. The highest BCUT2D eigenvalue weighted by atomic mass is 79.9. The van der Waals surface area contributed by atoms with Gasteiger partial charge in [0.2, 0.25) is 0 Å². The number of nitrogens with one attached hydrogen (secondary N) is 1. The van der Waals surface area contributed by atoms with Crippen molar-refractivity contribution in [2.45, 2.75) is 26.4 Å². The van der Waals surface area contributed by atoms with Crippen molar-refractivity contribution < 1.29 is 0 Å². The van der Waals surface area contributed by atoms with E-state index in [2.05, 4.69) is 63.4 Å². The third-order valence-corrected chi connectivity index (χ3v) is 4.47. The van der Waals surface area contributed by atoms with Gasteiger partial charge in [-0.2, -0.15) is 5.10 Å². The fourth-order valence-electron chi connectivity index (χ4n) is 2.77. The number of aromatic nitrogens is 2. The Labute approximate surface area is 134 Å². The van der Waals surface area contributed by atoms with Crippen LogP contribution in [0.5, 0.6) is 0 Å². The van der Waals surface area contributed by atoms with Gasteiger partial charge in [0, 0.05) is 48.5 Å². The number of rotatable bonds is 3. The third-order valence-electron chi connectivity index (χ3n) is 3.94. The predicted octanol–water partition coefficient (Wildman–Crippen LogP) is 2.74. The minimum absolute atomic E-state index is 0.570. The highest BCUT2D eigenvalue weighted by Crippen LogP contribution is 2.17. The van der Waals surface area contributed by atoms with Crippen LogP contribution < -0.4 is 5.32 Å². The number of aryl methyl sites for hydroxylation is 1. The van der Waals surface area contributed by atoms with Crippen LogP contribution in [0.3, 0.4) is 0 Å². The second kappa shape index (κ2) is 6.30. The quantitative estimate of drug-likeness (QED) is 0.925. The molecule has 0 bridgehead atoms. The number of piperazine rings is 1. The zero-order chi connectivity index (χ0) is 14.8. The van der Waals surface area contributed by atoms with Crippen molar-refractivity contribution in [2.75, 3.05) is 19.6 Å². The molecule has 0 radical (unpaired) electrons. The molecule has 2 heterocycles. The van der Waals surface area contributed by atoms with Gasteiger partial charge in [-0.05, 0) is 38.1 Å². The Balaban J connectivity index is 1.76. The van der Waals surface area contributed by atoms with Crippen LogP contribution in [0.25, 0.3) is 5.69 Å². The van der Waals surface area contributed by atoms with Crippen LogP contribution in [0.15, 0.2) is 34.9 Å². The highest BCUT2D eigenvalue weighted by molar-refractivity contribution is 9.10. The molecule has 0 amide bonds. The maximum atomic E-state index is 4.65. The molecule has 1 N–H and O–H groups in total. The minimum Gasteiger partial charge on any atom is -0.312 e. The molecule has 4 nitrogen and oxygen atoms in total. The normalized spacial score (nSPS) is 19.9. The lowest BCUT2D eigenvalue weighted by molar-refractivity contribution is 0.199. The molecule has 1 atom stereocenters. The predicted molar refractivity (Wildman–Crippen MR) is 88.7 cm³/mol. The summed E-state index contributed by atoms with van der Waals surface area (Å²) in [4.78, 5) is 2.50. The van der Waals surface area contributed by atoms with Gasteiger partial charge in [-0.1, -0.05) is 15.9 Å². The summed E-state index contributed by atoms with van der Waals surface area (Å²) in [6.07, 6.45) is 2.16. The van der Waals surface area contributed by atoms with Gasteiger partial charge in [-0.15, -0.1) is 0 Å². The number of nitrogens with zero attached hydrogens (tertiary/aromatic N) is 3. The summed E-state index contributed by atoms with van der Waals surface area (Å²) in [5, 5.41) is 8.14. The van der Waals surface area contributed by atoms with E-state index in [1.54, 1.807) is 0 Å². The molecule has 3 rings (SSSR count). The Morgan fingerprint density at radius 1 is 1.33 bits per heavy atom. The van der Waals surface area contributed by atoms with Gasteiger partial charge in [-0.3, -0.25) is 4.90 Å². The summed E-state index contributed by atoms with van der Waals surface area (Å²) in [5.74, 6) is 0. The first-order valence-corrected chi connectivity index (χ1v) is 8.18. The van der Waals surface area contributed by atoms with E-state index in [9.17, 15) is 0 Å². The molecule has 2 aromatic rings.